The fourth-order valence-corrected chi connectivity index (χ4v) is 2.52. The first-order chi connectivity index (χ1) is 10.3. The summed E-state index contributed by atoms with van der Waals surface area (Å²) in [5.74, 6) is 0.888. The molecule has 0 radical (unpaired) electrons. The first-order valence-corrected chi connectivity index (χ1v) is 7.09. The highest BCUT2D eigenvalue weighted by Gasteiger charge is 2.21. The Morgan fingerprint density at radius 1 is 1.33 bits per heavy atom. The number of aromatic nitrogens is 1. The molecule has 0 unspecified atom stereocenters. The molecule has 0 aliphatic carbocycles. The van der Waals surface area contributed by atoms with Gasteiger partial charge in [-0.1, -0.05) is 12.1 Å². The summed E-state index contributed by atoms with van der Waals surface area (Å²) in [6, 6.07) is 11.9. The van der Waals surface area contributed by atoms with Crippen molar-refractivity contribution in [3.05, 3.63) is 48.2 Å². The lowest BCUT2D eigenvalue weighted by Crippen LogP contribution is -2.37. The number of hydrogen-bond acceptors (Lipinski definition) is 4. The molecule has 1 aromatic carbocycles. The second-order valence-corrected chi connectivity index (χ2v) is 5.00. The van der Waals surface area contributed by atoms with Gasteiger partial charge in [0, 0.05) is 19.3 Å². The second-order valence-electron chi connectivity index (χ2n) is 5.00. The number of nitrogens with zero attached hydrogens (tertiary/aromatic N) is 2. The molecule has 3 rings (SSSR count). The second kappa shape index (κ2) is 5.83. The number of para-hydroxylation sites is 2. The molecule has 0 fully saturated rings. The van der Waals surface area contributed by atoms with Crippen LogP contribution in [0.15, 0.2) is 42.6 Å². The summed E-state index contributed by atoms with van der Waals surface area (Å²) >= 11 is 0. The Hall–Kier alpha value is -2.56. The molecule has 0 saturated heterocycles. The maximum atomic E-state index is 11.8. The topological polar surface area (TPSA) is 57.3 Å². The smallest absolute Gasteiger partial charge is 0.243 e. The van der Waals surface area contributed by atoms with Gasteiger partial charge in [-0.2, -0.15) is 0 Å². The predicted octanol–water partition coefficient (Wildman–Crippen LogP) is 2.47. The predicted molar refractivity (Wildman–Crippen MR) is 84.5 cm³/mol. The lowest BCUT2D eigenvalue weighted by Gasteiger charge is -2.30. The van der Waals surface area contributed by atoms with Gasteiger partial charge in [-0.3, -0.25) is 4.79 Å². The average Bonchev–Trinajstić information content (AvgIpc) is 2.48. The monoisotopic (exact) mass is 282 g/mol. The molecule has 0 saturated carbocycles. The van der Waals surface area contributed by atoms with Crippen molar-refractivity contribution in [3.63, 3.8) is 0 Å². The zero-order valence-electron chi connectivity index (χ0n) is 12.0. The molecule has 0 spiro atoms. The molecule has 1 aliphatic heterocycles. The van der Waals surface area contributed by atoms with Gasteiger partial charge in [-0.25, -0.2) is 4.98 Å². The van der Waals surface area contributed by atoms with Crippen molar-refractivity contribution in [3.8, 4) is 0 Å². The Kier molecular flexibility index (Phi) is 3.73. The lowest BCUT2D eigenvalue weighted by atomic mass is 10.1. The summed E-state index contributed by atoms with van der Waals surface area (Å²) in [6.07, 6.45) is 1.79. The maximum absolute atomic E-state index is 11.8. The fourth-order valence-electron chi connectivity index (χ4n) is 2.52. The largest absolute Gasteiger partial charge is 0.370 e. The molecule has 1 amide bonds. The first kappa shape index (κ1) is 13.4. The molecule has 1 aromatic heterocycles. The van der Waals surface area contributed by atoms with Crippen LogP contribution in [-0.2, 0) is 11.3 Å². The molecule has 5 heteroatoms. The normalized spacial score (nSPS) is 13.6. The Bertz CT molecular complexity index is 656. The molecular formula is C16H18N4O. The van der Waals surface area contributed by atoms with E-state index in [9.17, 15) is 4.79 Å². The minimum atomic E-state index is 0.0228. The Morgan fingerprint density at radius 2 is 2.19 bits per heavy atom. The van der Waals surface area contributed by atoms with Crippen molar-refractivity contribution in [2.45, 2.75) is 13.5 Å². The number of fused-ring (bicyclic) bond motifs is 1. The van der Waals surface area contributed by atoms with E-state index in [0.29, 0.717) is 13.1 Å². The van der Waals surface area contributed by atoms with Crippen molar-refractivity contribution >= 4 is 23.1 Å². The van der Waals surface area contributed by atoms with Crippen LogP contribution in [0.4, 0.5) is 17.2 Å². The first-order valence-electron chi connectivity index (χ1n) is 7.09. The third-order valence-corrected chi connectivity index (χ3v) is 3.41. The van der Waals surface area contributed by atoms with E-state index in [4.69, 9.17) is 0 Å². The molecule has 2 N–H and O–H groups in total. The lowest BCUT2D eigenvalue weighted by molar-refractivity contribution is -0.115. The van der Waals surface area contributed by atoms with Crippen molar-refractivity contribution < 1.29 is 4.79 Å². The van der Waals surface area contributed by atoms with E-state index in [2.05, 4.69) is 20.5 Å². The van der Waals surface area contributed by atoms with Gasteiger partial charge >= 0.3 is 0 Å². The number of nitrogens with one attached hydrogen (secondary N) is 2. The standard InChI is InChI=1S/C16H18N4O/c1-2-17-15-9-12(7-8-18-15)10-20-11-16(21)19-13-5-3-4-6-14(13)20/h3-9H,2,10-11H2,1H3,(H,17,18)(H,19,21). The summed E-state index contributed by atoms with van der Waals surface area (Å²) in [5, 5.41) is 6.11. The van der Waals surface area contributed by atoms with Gasteiger partial charge in [-0.05, 0) is 36.8 Å². The van der Waals surface area contributed by atoms with Crippen molar-refractivity contribution in [1.82, 2.24) is 4.98 Å². The molecule has 0 bridgehead atoms. The van der Waals surface area contributed by atoms with Crippen molar-refractivity contribution in [1.29, 1.82) is 0 Å². The number of pyridine rings is 1. The van der Waals surface area contributed by atoms with E-state index in [-0.39, 0.29) is 5.91 Å². The zero-order chi connectivity index (χ0) is 14.7. The average molecular weight is 282 g/mol. The Morgan fingerprint density at radius 3 is 3.05 bits per heavy atom. The van der Waals surface area contributed by atoms with Crippen LogP contribution in [0.5, 0.6) is 0 Å². The van der Waals surface area contributed by atoms with Crippen LogP contribution in [-0.4, -0.2) is 24.0 Å². The minimum Gasteiger partial charge on any atom is -0.370 e. The molecule has 2 aromatic rings. The number of anilines is 3. The SMILES string of the molecule is CCNc1cc(CN2CC(=O)Nc3ccccc32)ccn1. The number of hydrogen-bond donors (Lipinski definition) is 2. The molecule has 21 heavy (non-hydrogen) atoms. The molecule has 1 aliphatic rings. The van der Waals surface area contributed by atoms with Crippen LogP contribution >= 0.6 is 0 Å². The highest BCUT2D eigenvalue weighted by molar-refractivity contribution is 6.01. The molecule has 2 heterocycles. The highest BCUT2D eigenvalue weighted by Crippen LogP contribution is 2.30. The van der Waals surface area contributed by atoms with E-state index in [1.54, 1.807) is 6.20 Å². The van der Waals surface area contributed by atoms with Gasteiger partial charge in [0.05, 0.1) is 17.9 Å². The highest BCUT2D eigenvalue weighted by atomic mass is 16.2. The van der Waals surface area contributed by atoms with Gasteiger partial charge in [0.1, 0.15) is 5.82 Å². The molecule has 108 valence electrons. The van der Waals surface area contributed by atoms with Crippen molar-refractivity contribution in [2.24, 2.45) is 0 Å². The summed E-state index contributed by atoms with van der Waals surface area (Å²) in [6.45, 7) is 3.94. The van der Waals surface area contributed by atoms with Crippen LogP contribution in [0.25, 0.3) is 0 Å². The van der Waals surface area contributed by atoms with E-state index in [1.807, 2.05) is 43.3 Å². The fraction of sp³-hybridized carbons (Fsp3) is 0.250. The van der Waals surface area contributed by atoms with Gasteiger partial charge in [0.15, 0.2) is 0 Å². The number of carbonyl (C=O) groups excluding carboxylic acids is 1. The van der Waals surface area contributed by atoms with Crippen LogP contribution in [0.2, 0.25) is 0 Å². The Balaban J connectivity index is 1.84. The number of carbonyl (C=O) groups is 1. The van der Waals surface area contributed by atoms with Gasteiger partial charge in [0.2, 0.25) is 5.91 Å². The maximum Gasteiger partial charge on any atom is 0.243 e. The summed E-state index contributed by atoms with van der Waals surface area (Å²) in [5.41, 5.74) is 3.05. The molecule has 5 nitrogen and oxygen atoms in total. The Labute approximate surface area is 124 Å². The molecule has 0 atom stereocenters. The summed E-state index contributed by atoms with van der Waals surface area (Å²) in [7, 11) is 0. The van der Waals surface area contributed by atoms with E-state index >= 15 is 0 Å². The van der Waals surface area contributed by atoms with Crippen LogP contribution in [0.1, 0.15) is 12.5 Å². The van der Waals surface area contributed by atoms with E-state index in [0.717, 1.165) is 29.3 Å². The van der Waals surface area contributed by atoms with Gasteiger partial charge in [-0.15, -0.1) is 0 Å². The number of amides is 1. The summed E-state index contributed by atoms with van der Waals surface area (Å²) in [4.78, 5) is 18.2. The third-order valence-electron chi connectivity index (χ3n) is 3.41. The third kappa shape index (κ3) is 2.97. The van der Waals surface area contributed by atoms with Crippen LogP contribution in [0.3, 0.4) is 0 Å². The zero-order valence-corrected chi connectivity index (χ0v) is 12.0. The van der Waals surface area contributed by atoms with Crippen LogP contribution in [0, 0.1) is 0 Å². The van der Waals surface area contributed by atoms with Crippen LogP contribution < -0.4 is 15.5 Å². The number of benzene rings is 1. The number of rotatable bonds is 4. The molecular weight excluding hydrogens is 264 g/mol. The van der Waals surface area contributed by atoms with Gasteiger partial charge < -0.3 is 15.5 Å². The quantitative estimate of drug-likeness (QED) is 0.904. The van der Waals surface area contributed by atoms with E-state index in [1.165, 1.54) is 0 Å². The summed E-state index contributed by atoms with van der Waals surface area (Å²) < 4.78 is 0. The van der Waals surface area contributed by atoms with Gasteiger partial charge in [0.25, 0.3) is 0 Å². The van der Waals surface area contributed by atoms with E-state index < -0.39 is 0 Å². The van der Waals surface area contributed by atoms with Crippen molar-refractivity contribution in [2.75, 3.05) is 28.6 Å². The minimum absolute atomic E-state index is 0.0228.